The van der Waals surface area contributed by atoms with Crippen molar-refractivity contribution in [1.29, 1.82) is 0 Å². The number of fused-ring (bicyclic) bond motifs is 4. The summed E-state index contributed by atoms with van der Waals surface area (Å²) in [5.41, 5.74) is 12.5. The molecule has 1 aromatic heterocycles. The first-order valence-electron chi connectivity index (χ1n) is 18.6. The zero-order valence-electron chi connectivity index (χ0n) is 30.1. The Morgan fingerprint density at radius 1 is 0.667 bits per heavy atom. The summed E-state index contributed by atoms with van der Waals surface area (Å²) in [7, 11) is 0. The molecule has 0 saturated carbocycles. The van der Waals surface area contributed by atoms with Gasteiger partial charge in [0.2, 0.25) is 0 Å². The Morgan fingerprint density at radius 3 is 2.19 bits per heavy atom. The molecule has 54 heavy (non-hydrogen) atoms. The van der Waals surface area contributed by atoms with Crippen LogP contribution in [0.1, 0.15) is 23.5 Å². The first-order valence-corrected chi connectivity index (χ1v) is 18.6. The maximum Gasteiger partial charge on any atom is 0.0541 e. The fourth-order valence-corrected chi connectivity index (χ4v) is 8.01. The highest BCUT2D eigenvalue weighted by atomic mass is 15.1. The molecule has 2 heteroatoms. The van der Waals surface area contributed by atoms with Crippen LogP contribution in [0.25, 0.3) is 55.0 Å². The lowest BCUT2D eigenvalue weighted by molar-refractivity contribution is 0.840. The van der Waals surface area contributed by atoms with Crippen LogP contribution in [-0.4, -0.2) is 4.57 Å². The van der Waals surface area contributed by atoms with Crippen molar-refractivity contribution < 1.29 is 0 Å². The number of aromatic nitrogens is 1. The third-order valence-electron chi connectivity index (χ3n) is 10.6. The molecule has 1 aliphatic carbocycles. The van der Waals surface area contributed by atoms with Crippen molar-refractivity contribution in [2.75, 3.05) is 4.90 Å². The Hall–Kier alpha value is -6.90. The highest BCUT2D eigenvalue weighted by Crippen LogP contribution is 2.42. The Morgan fingerprint density at radius 2 is 1.39 bits per heavy atom. The van der Waals surface area contributed by atoms with Crippen molar-refractivity contribution in [1.82, 2.24) is 4.57 Å². The predicted molar refractivity (Wildman–Crippen MR) is 232 cm³/mol. The van der Waals surface area contributed by atoms with E-state index in [4.69, 9.17) is 0 Å². The summed E-state index contributed by atoms with van der Waals surface area (Å²) in [6, 6.07) is 59.0. The molecule has 7 aromatic carbocycles. The molecule has 0 amide bonds. The zero-order chi connectivity index (χ0) is 36.4. The van der Waals surface area contributed by atoms with E-state index in [2.05, 4.69) is 211 Å². The molecule has 0 saturated heterocycles. The van der Waals surface area contributed by atoms with Crippen LogP contribution in [0.3, 0.4) is 0 Å². The van der Waals surface area contributed by atoms with E-state index in [1.54, 1.807) is 0 Å². The van der Waals surface area contributed by atoms with Crippen LogP contribution < -0.4 is 4.90 Å². The van der Waals surface area contributed by atoms with Crippen molar-refractivity contribution >= 4 is 49.5 Å². The summed E-state index contributed by atoms with van der Waals surface area (Å²) in [6.07, 6.45) is 13.8. The molecule has 9 rings (SSSR count). The van der Waals surface area contributed by atoms with Gasteiger partial charge in [-0.2, -0.15) is 0 Å². The number of anilines is 2. The molecule has 2 nitrogen and oxygen atoms in total. The lowest BCUT2D eigenvalue weighted by Gasteiger charge is -2.31. The van der Waals surface area contributed by atoms with E-state index in [0.717, 1.165) is 51.4 Å². The predicted octanol–water partition coefficient (Wildman–Crippen LogP) is 14.1. The van der Waals surface area contributed by atoms with E-state index in [0.29, 0.717) is 5.92 Å². The van der Waals surface area contributed by atoms with Crippen molar-refractivity contribution in [3.63, 3.8) is 0 Å². The van der Waals surface area contributed by atoms with Gasteiger partial charge in [-0.15, -0.1) is 0 Å². The second-order valence-electron chi connectivity index (χ2n) is 13.8. The molecule has 1 heterocycles. The summed E-state index contributed by atoms with van der Waals surface area (Å²) in [6.45, 7) is 8.55. The van der Waals surface area contributed by atoms with Gasteiger partial charge in [-0.1, -0.05) is 159 Å². The average molecular weight is 693 g/mol. The molecule has 0 N–H and O–H groups in total. The molecule has 0 radical (unpaired) electrons. The number of hydrogen-bond acceptors (Lipinski definition) is 1. The molecule has 0 fully saturated rings. The topological polar surface area (TPSA) is 8.17 Å². The lowest BCUT2D eigenvalue weighted by Crippen LogP contribution is -2.18. The summed E-state index contributed by atoms with van der Waals surface area (Å²) >= 11 is 0. The molecule has 8 aromatic rings. The molecule has 1 unspecified atom stereocenters. The summed E-state index contributed by atoms with van der Waals surface area (Å²) < 4.78 is 2.36. The molecule has 1 aliphatic rings. The fourth-order valence-electron chi connectivity index (χ4n) is 8.01. The van der Waals surface area contributed by atoms with Gasteiger partial charge in [0.25, 0.3) is 0 Å². The Labute approximate surface area is 317 Å². The number of nitrogens with zero attached hydrogens (tertiary/aromatic N) is 2. The molecular weight excluding hydrogens is 653 g/mol. The van der Waals surface area contributed by atoms with Crippen molar-refractivity contribution in [3.8, 4) is 16.8 Å². The minimum Gasteiger partial charge on any atom is -0.310 e. The van der Waals surface area contributed by atoms with Crippen LogP contribution >= 0.6 is 0 Å². The van der Waals surface area contributed by atoms with Gasteiger partial charge in [0.15, 0.2) is 0 Å². The Balaban J connectivity index is 1.21. The number of benzene rings is 7. The molecule has 0 bridgehead atoms. The van der Waals surface area contributed by atoms with Crippen LogP contribution in [0.5, 0.6) is 0 Å². The third kappa shape index (κ3) is 5.98. The Bertz CT molecular complexity index is 2770. The smallest absolute Gasteiger partial charge is 0.0541 e. The number of allylic oxidation sites excluding steroid dienone is 7. The fraction of sp³-hybridized carbons (Fsp3) is 0.0385. The third-order valence-corrected chi connectivity index (χ3v) is 10.6. The normalized spacial score (nSPS) is 14.1. The standard InChI is InChI=1S/C52H40N2/c1-3-4-16-37(2)48-36-44(32-33-45(48)41-29-34-52-49(35-41)47-24-13-14-25-51(47)54(52)42-21-9-6-10-22-42)53(50-26-15-20-40-19-11-12-23-46(40)50)43-30-27-39(28-31-43)38-17-7-5-8-18-38/h3-27,29-36,39H,1-2,28H2/b16-4-. The van der Waals surface area contributed by atoms with Gasteiger partial charge in [0.05, 0.1) is 16.7 Å². The number of para-hydroxylation sites is 2. The Kier molecular flexibility index (Phi) is 8.70. The molecule has 0 aliphatic heterocycles. The van der Waals surface area contributed by atoms with Gasteiger partial charge in [0, 0.05) is 39.1 Å². The lowest BCUT2D eigenvalue weighted by atomic mass is 9.90. The van der Waals surface area contributed by atoms with E-state index in [1.807, 2.05) is 12.2 Å². The van der Waals surface area contributed by atoms with Gasteiger partial charge in [0.1, 0.15) is 0 Å². The van der Waals surface area contributed by atoms with E-state index >= 15 is 0 Å². The quantitative estimate of drug-likeness (QED) is 0.137. The van der Waals surface area contributed by atoms with Crippen molar-refractivity contribution in [3.05, 3.63) is 230 Å². The van der Waals surface area contributed by atoms with Crippen LogP contribution in [-0.2, 0) is 0 Å². The van der Waals surface area contributed by atoms with Gasteiger partial charge in [-0.05, 0) is 94.2 Å². The summed E-state index contributed by atoms with van der Waals surface area (Å²) in [5, 5.41) is 4.86. The minimum absolute atomic E-state index is 0.342. The summed E-state index contributed by atoms with van der Waals surface area (Å²) in [5.74, 6) is 0.342. The van der Waals surface area contributed by atoms with E-state index < -0.39 is 0 Å². The van der Waals surface area contributed by atoms with Crippen molar-refractivity contribution in [2.24, 2.45) is 0 Å². The largest absolute Gasteiger partial charge is 0.310 e. The SMILES string of the molecule is C=C/C=C\C(=C)c1cc(N(C2=CCC(c3ccccc3)C=C2)c2cccc3ccccc23)ccc1-c1ccc2c(c1)c1ccccc1n2-c1ccccc1. The molecule has 0 spiro atoms. The van der Waals surface area contributed by atoms with Crippen LogP contribution in [0.4, 0.5) is 11.4 Å². The van der Waals surface area contributed by atoms with E-state index in [9.17, 15) is 0 Å². The van der Waals surface area contributed by atoms with Crippen LogP contribution in [0, 0.1) is 0 Å². The molecule has 258 valence electrons. The van der Waals surface area contributed by atoms with Crippen molar-refractivity contribution in [2.45, 2.75) is 12.3 Å². The zero-order valence-corrected chi connectivity index (χ0v) is 30.1. The van der Waals surface area contributed by atoms with Crippen LogP contribution in [0.15, 0.2) is 219 Å². The maximum absolute atomic E-state index is 4.60. The highest BCUT2D eigenvalue weighted by molar-refractivity contribution is 6.11. The van der Waals surface area contributed by atoms with E-state index in [1.165, 1.54) is 38.1 Å². The molecular formula is C52H40N2. The van der Waals surface area contributed by atoms with Gasteiger partial charge >= 0.3 is 0 Å². The van der Waals surface area contributed by atoms with E-state index in [-0.39, 0.29) is 0 Å². The summed E-state index contributed by atoms with van der Waals surface area (Å²) in [4.78, 5) is 2.41. The highest BCUT2D eigenvalue weighted by Gasteiger charge is 2.22. The second-order valence-corrected chi connectivity index (χ2v) is 13.8. The average Bonchev–Trinajstić information content (AvgIpc) is 3.57. The van der Waals surface area contributed by atoms with Gasteiger partial charge in [-0.3, -0.25) is 0 Å². The van der Waals surface area contributed by atoms with Gasteiger partial charge < -0.3 is 9.47 Å². The number of rotatable bonds is 9. The number of hydrogen-bond donors (Lipinski definition) is 0. The minimum atomic E-state index is 0.342. The second kappa shape index (κ2) is 14.3. The monoisotopic (exact) mass is 692 g/mol. The van der Waals surface area contributed by atoms with Crippen LogP contribution in [0.2, 0.25) is 0 Å². The first-order chi connectivity index (χ1) is 26.7. The first kappa shape index (κ1) is 33.0. The maximum atomic E-state index is 4.60. The molecule has 1 atom stereocenters. The van der Waals surface area contributed by atoms with Gasteiger partial charge in [-0.25, -0.2) is 0 Å².